The molecule has 0 aliphatic rings. The highest BCUT2D eigenvalue weighted by Gasteiger charge is 2.15. The van der Waals surface area contributed by atoms with Crippen molar-refractivity contribution < 1.29 is 0 Å². The minimum absolute atomic E-state index is 0.398. The van der Waals surface area contributed by atoms with E-state index in [4.69, 9.17) is 5.73 Å². The molecule has 1 unspecified atom stereocenters. The first-order valence-electron chi connectivity index (χ1n) is 6.47. The zero-order valence-corrected chi connectivity index (χ0v) is 11.1. The molecule has 0 saturated heterocycles. The smallest absolute Gasteiger partial charge is 0.0659 e. The number of hydrogen-bond acceptors (Lipinski definition) is 2. The standard InChI is InChI=1S/C15H21N3/c1-12(2)15(8-16)14-9-17-18(11-14)10-13-6-4-3-5-7-13/h3-7,9,11-12,15H,8,10,16H2,1-2H3. The molecule has 0 bridgehead atoms. The fourth-order valence-corrected chi connectivity index (χ4v) is 2.22. The molecule has 3 heteroatoms. The van der Waals surface area contributed by atoms with E-state index in [1.165, 1.54) is 11.1 Å². The first-order valence-corrected chi connectivity index (χ1v) is 6.47. The Morgan fingerprint density at radius 3 is 2.56 bits per heavy atom. The quantitative estimate of drug-likeness (QED) is 0.877. The lowest BCUT2D eigenvalue weighted by Crippen LogP contribution is -2.17. The van der Waals surface area contributed by atoms with Crippen LogP contribution in [0.3, 0.4) is 0 Å². The van der Waals surface area contributed by atoms with E-state index in [1.54, 1.807) is 0 Å². The zero-order valence-electron chi connectivity index (χ0n) is 11.1. The number of aromatic nitrogens is 2. The number of benzene rings is 1. The van der Waals surface area contributed by atoms with Crippen molar-refractivity contribution in [2.45, 2.75) is 26.3 Å². The van der Waals surface area contributed by atoms with E-state index in [2.05, 4.69) is 49.4 Å². The molecule has 0 aliphatic carbocycles. The molecule has 0 spiro atoms. The van der Waals surface area contributed by atoms with E-state index in [0.717, 1.165) is 6.54 Å². The van der Waals surface area contributed by atoms with E-state index in [0.29, 0.717) is 18.4 Å². The number of hydrogen-bond donors (Lipinski definition) is 1. The van der Waals surface area contributed by atoms with Crippen molar-refractivity contribution in [1.82, 2.24) is 9.78 Å². The second kappa shape index (κ2) is 5.83. The van der Waals surface area contributed by atoms with Crippen LogP contribution in [-0.2, 0) is 6.54 Å². The fourth-order valence-electron chi connectivity index (χ4n) is 2.22. The Balaban J connectivity index is 2.11. The van der Waals surface area contributed by atoms with Crippen molar-refractivity contribution in [1.29, 1.82) is 0 Å². The largest absolute Gasteiger partial charge is 0.330 e. The lowest BCUT2D eigenvalue weighted by molar-refractivity contribution is 0.505. The predicted octanol–water partition coefficient (Wildman–Crippen LogP) is 2.63. The molecular weight excluding hydrogens is 222 g/mol. The maximum Gasteiger partial charge on any atom is 0.0659 e. The average molecular weight is 243 g/mol. The highest BCUT2D eigenvalue weighted by molar-refractivity contribution is 5.17. The van der Waals surface area contributed by atoms with E-state index < -0.39 is 0 Å². The summed E-state index contributed by atoms with van der Waals surface area (Å²) in [6.45, 7) is 5.89. The summed E-state index contributed by atoms with van der Waals surface area (Å²) in [5, 5.41) is 4.42. The summed E-state index contributed by atoms with van der Waals surface area (Å²) < 4.78 is 1.98. The van der Waals surface area contributed by atoms with Crippen LogP contribution in [0.5, 0.6) is 0 Å². The summed E-state index contributed by atoms with van der Waals surface area (Å²) in [4.78, 5) is 0. The number of rotatable bonds is 5. The molecule has 0 saturated carbocycles. The van der Waals surface area contributed by atoms with Gasteiger partial charge >= 0.3 is 0 Å². The van der Waals surface area contributed by atoms with Crippen LogP contribution < -0.4 is 5.73 Å². The summed E-state index contributed by atoms with van der Waals surface area (Å²) in [5.74, 6) is 0.943. The van der Waals surface area contributed by atoms with Crippen molar-refractivity contribution in [3.05, 3.63) is 53.9 Å². The highest BCUT2D eigenvalue weighted by Crippen LogP contribution is 2.22. The molecule has 2 aromatic rings. The van der Waals surface area contributed by atoms with Gasteiger partial charge in [0.05, 0.1) is 12.7 Å². The van der Waals surface area contributed by atoms with Gasteiger partial charge in [0.15, 0.2) is 0 Å². The second-order valence-electron chi connectivity index (χ2n) is 5.04. The molecule has 1 aromatic carbocycles. The molecular formula is C15H21N3. The molecule has 2 rings (SSSR count). The molecule has 96 valence electrons. The van der Waals surface area contributed by atoms with Gasteiger partial charge in [-0.2, -0.15) is 5.10 Å². The Kier molecular flexibility index (Phi) is 4.15. The van der Waals surface area contributed by atoms with Crippen LogP contribution >= 0.6 is 0 Å². The molecule has 2 N–H and O–H groups in total. The first-order chi connectivity index (χ1) is 8.70. The van der Waals surface area contributed by atoms with Gasteiger partial charge in [0, 0.05) is 12.1 Å². The summed E-state index contributed by atoms with van der Waals surface area (Å²) in [6, 6.07) is 10.4. The highest BCUT2D eigenvalue weighted by atomic mass is 15.3. The van der Waals surface area contributed by atoms with Gasteiger partial charge in [-0.05, 0) is 23.6 Å². The van der Waals surface area contributed by atoms with Crippen molar-refractivity contribution in [3.63, 3.8) is 0 Å². The second-order valence-corrected chi connectivity index (χ2v) is 5.04. The van der Waals surface area contributed by atoms with Crippen molar-refractivity contribution in [3.8, 4) is 0 Å². The van der Waals surface area contributed by atoms with Crippen molar-refractivity contribution in [2.75, 3.05) is 6.54 Å². The Hall–Kier alpha value is -1.61. The summed E-state index contributed by atoms with van der Waals surface area (Å²) in [7, 11) is 0. The van der Waals surface area contributed by atoms with Gasteiger partial charge < -0.3 is 5.73 Å². The third kappa shape index (κ3) is 2.99. The molecule has 1 aromatic heterocycles. The van der Waals surface area contributed by atoms with E-state index in [9.17, 15) is 0 Å². The molecule has 0 amide bonds. The van der Waals surface area contributed by atoms with Crippen LogP contribution in [0, 0.1) is 5.92 Å². The molecule has 0 radical (unpaired) electrons. The van der Waals surface area contributed by atoms with Crippen LogP contribution in [0.4, 0.5) is 0 Å². The van der Waals surface area contributed by atoms with Gasteiger partial charge in [0.25, 0.3) is 0 Å². The van der Waals surface area contributed by atoms with Crippen LogP contribution in [0.15, 0.2) is 42.7 Å². The zero-order chi connectivity index (χ0) is 13.0. The Bertz CT molecular complexity index is 473. The topological polar surface area (TPSA) is 43.8 Å². The fraction of sp³-hybridized carbons (Fsp3) is 0.400. The maximum absolute atomic E-state index is 5.83. The van der Waals surface area contributed by atoms with E-state index >= 15 is 0 Å². The minimum Gasteiger partial charge on any atom is -0.330 e. The van der Waals surface area contributed by atoms with Crippen LogP contribution in [0.25, 0.3) is 0 Å². The van der Waals surface area contributed by atoms with Gasteiger partial charge in [-0.25, -0.2) is 0 Å². The van der Waals surface area contributed by atoms with Gasteiger partial charge in [-0.1, -0.05) is 44.2 Å². The summed E-state index contributed by atoms with van der Waals surface area (Å²) in [5.41, 5.74) is 8.33. The molecule has 3 nitrogen and oxygen atoms in total. The number of nitrogens with zero attached hydrogens (tertiary/aromatic N) is 2. The average Bonchev–Trinajstić information content (AvgIpc) is 2.79. The van der Waals surface area contributed by atoms with Crippen LogP contribution in [-0.4, -0.2) is 16.3 Å². The van der Waals surface area contributed by atoms with E-state index in [1.807, 2.05) is 16.9 Å². The minimum atomic E-state index is 0.398. The normalized spacial score (nSPS) is 12.9. The van der Waals surface area contributed by atoms with Gasteiger partial charge in [0.2, 0.25) is 0 Å². The van der Waals surface area contributed by atoms with Crippen molar-refractivity contribution in [2.24, 2.45) is 11.7 Å². The molecule has 1 heterocycles. The Labute approximate surface area is 109 Å². The van der Waals surface area contributed by atoms with Gasteiger partial charge in [0.1, 0.15) is 0 Å². The first kappa shape index (κ1) is 12.8. The molecule has 18 heavy (non-hydrogen) atoms. The van der Waals surface area contributed by atoms with Crippen LogP contribution in [0.1, 0.15) is 30.9 Å². The van der Waals surface area contributed by atoms with Crippen molar-refractivity contribution >= 4 is 0 Å². The van der Waals surface area contributed by atoms with Crippen LogP contribution in [0.2, 0.25) is 0 Å². The monoisotopic (exact) mass is 243 g/mol. The lowest BCUT2D eigenvalue weighted by atomic mass is 9.91. The van der Waals surface area contributed by atoms with E-state index in [-0.39, 0.29) is 0 Å². The van der Waals surface area contributed by atoms with Gasteiger partial charge in [-0.15, -0.1) is 0 Å². The Morgan fingerprint density at radius 2 is 1.94 bits per heavy atom. The number of nitrogens with two attached hydrogens (primary N) is 1. The summed E-state index contributed by atoms with van der Waals surface area (Å²) >= 11 is 0. The molecule has 0 aliphatic heterocycles. The molecule has 1 atom stereocenters. The third-order valence-corrected chi connectivity index (χ3v) is 3.33. The SMILES string of the molecule is CC(C)C(CN)c1cnn(Cc2ccccc2)c1. The lowest BCUT2D eigenvalue weighted by Gasteiger charge is -2.16. The predicted molar refractivity (Wildman–Crippen MR) is 74.4 cm³/mol. The summed E-state index contributed by atoms with van der Waals surface area (Å²) in [6.07, 6.45) is 4.06. The maximum atomic E-state index is 5.83. The Morgan fingerprint density at radius 1 is 1.22 bits per heavy atom. The molecule has 0 fully saturated rings. The van der Waals surface area contributed by atoms with Gasteiger partial charge in [-0.3, -0.25) is 4.68 Å². The third-order valence-electron chi connectivity index (χ3n) is 3.33.